The molecule has 0 radical (unpaired) electrons. The van der Waals surface area contributed by atoms with Crippen molar-refractivity contribution < 1.29 is 13.6 Å². The van der Waals surface area contributed by atoms with E-state index in [1.807, 2.05) is 0 Å². The summed E-state index contributed by atoms with van der Waals surface area (Å²) in [7, 11) is 0. The van der Waals surface area contributed by atoms with Crippen LogP contribution < -0.4 is 5.32 Å². The molecule has 0 bridgehead atoms. The minimum absolute atomic E-state index is 0.0459. The molecule has 120 valence electrons. The molecule has 22 heavy (non-hydrogen) atoms. The summed E-state index contributed by atoms with van der Waals surface area (Å²) in [6, 6.07) is 3.16. The molecule has 0 aromatic heterocycles. The summed E-state index contributed by atoms with van der Waals surface area (Å²) < 4.78 is 27.8. The van der Waals surface area contributed by atoms with Crippen LogP contribution in [0.15, 0.2) is 12.1 Å². The number of nitrogens with zero attached hydrogens (tertiary/aromatic N) is 1. The van der Waals surface area contributed by atoms with Crippen LogP contribution in [0.25, 0.3) is 0 Å². The van der Waals surface area contributed by atoms with E-state index in [0.717, 1.165) is 32.4 Å². The van der Waals surface area contributed by atoms with Gasteiger partial charge in [0, 0.05) is 25.1 Å². The fourth-order valence-corrected chi connectivity index (χ4v) is 3.63. The molecule has 2 saturated heterocycles. The Morgan fingerprint density at radius 1 is 1.18 bits per heavy atom. The number of carbonyl (C=O) groups excluding carboxylic acids is 1. The van der Waals surface area contributed by atoms with Gasteiger partial charge >= 0.3 is 0 Å². The monoisotopic (exact) mass is 308 g/mol. The topological polar surface area (TPSA) is 32.3 Å². The van der Waals surface area contributed by atoms with Gasteiger partial charge in [0.05, 0.1) is 0 Å². The van der Waals surface area contributed by atoms with Crippen LogP contribution in [0, 0.1) is 24.0 Å². The lowest BCUT2D eigenvalue weighted by Gasteiger charge is -2.45. The van der Waals surface area contributed by atoms with Crippen molar-refractivity contribution in [1.29, 1.82) is 0 Å². The molecule has 5 heteroatoms. The van der Waals surface area contributed by atoms with E-state index >= 15 is 0 Å². The highest BCUT2D eigenvalue weighted by Crippen LogP contribution is 2.39. The van der Waals surface area contributed by atoms with Crippen LogP contribution in [0.3, 0.4) is 0 Å². The summed E-state index contributed by atoms with van der Waals surface area (Å²) in [6.07, 6.45) is 3.51. The molecule has 1 N–H and O–H groups in total. The van der Waals surface area contributed by atoms with Crippen LogP contribution >= 0.6 is 0 Å². The Bertz CT molecular complexity index is 582. The van der Waals surface area contributed by atoms with Gasteiger partial charge in [0.1, 0.15) is 0 Å². The minimum Gasteiger partial charge on any atom is -0.338 e. The first kappa shape index (κ1) is 15.4. The number of halogens is 2. The summed E-state index contributed by atoms with van der Waals surface area (Å²) in [4.78, 5) is 13.9. The Labute approximate surface area is 129 Å². The van der Waals surface area contributed by atoms with E-state index in [4.69, 9.17) is 0 Å². The van der Waals surface area contributed by atoms with Gasteiger partial charge in [0.2, 0.25) is 5.91 Å². The second-order valence-electron chi connectivity index (χ2n) is 6.67. The lowest BCUT2D eigenvalue weighted by Crippen LogP contribution is -2.50. The Morgan fingerprint density at radius 2 is 1.91 bits per heavy atom. The van der Waals surface area contributed by atoms with E-state index in [1.165, 1.54) is 6.92 Å². The predicted molar refractivity (Wildman–Crippen MR) is 80.3 cm³/mol. The van der Waals surface area contributed by atoms with Crippen molar-refractivity contribution in [2.24, 2.45) is 5.41 Å². The lowest BCUT2D eigenvalue weighted by atomic mass is 9.72. The molecule has 3 rings (SSSR count). The second kappa shape index (κ2) is 5.95. The molecule has 3 nitrogen and oxygen atoms in total. The molecule has 1 aromatic rings. The number of amides is 1. The predicted octanol–water partition coefficient (Wildman–Crippen LogP) is 2.77. The maximum atomic E-state index is 14.1. The summed E-state index contributed by atoms with van der Waals surface area (Å²) in [5.41, 5.74) is 0.710. The molecule has 0 unspecified atom stereocenters. The highest BCUT2D eigenvalue weighted by Gasteiger charge is 2.39. The number of aryl methyl sites for hydroxylation is 1. The number of benzene rings is 1. The molecular weight excluding hydrogens is 286 g/mol. The van der Waals surface area contributed by atoms with Crippen molar-refractivity contribution in [3.63, 3.8) is 0 Å². The van der Waals surface area contributed by atoms with Crippen molar-refractivity contribution in [1.82, 2.24) is 10.2 Å². The van der Waals surface area contributed by atoms with Gasteiger partial charge in [-0.15, -0.1) is 0 Å². The van der Waals surface area contributed by atoms with Gasteiger partial charge in [0.25, 0.3) is 0 Å². The fraction of sp³-hybridized carbons (Fsp3) is 0.588. The van der Waals surface area contributed by atoms with Crippen molar-refractivity contribution in [2.45, 2.75) is 39.2 Å². The van der Waals surface area contributed by atoms with E-state index < -0.39 is 11.6 Å². The molecule has 2 fully saturated rings. The Morgan fingerprint density at radius 3 is 2.64 bits per heavy atom. The maximum Gasteiger partial charge on any atom is 0.222 e. The van der Waals surface area contributed by atoms with Crippen molar-refractivity contribution >= 4 is 5.91 Å². The van der Waals surface area contributed by atoms with Gasteiger partial charge in [-0.25, -0.2) is 8.78 Å². The summed E-state index contributed by atoms with van der Waals surface area (Å²) in [5.74, 6) is -1.58. The largest absolute Gasteiger partial charge is 0.338 e. The van der Waals surface area contributed by atoms with Crippen LogP contribution in [0.1, 0.15) is 36.8 Å². The number of rotatable bonds is 2. The highest BCUT2D eigenvalue weighted by atomic mass is 19.2. The first-order valence-electron chi connectivity index (χ1n) is 7.93. The molecule has 1 aromatic carbocycles. The van der Waals surface area contributed by atoms with E-state index in [1.54, 1.807) is 17.0 Å². The molecule has 1 amide bonds. The zero-order valence-corrected chi connectivity index (χ0v) is 12.9. The smallest absolute Gasteiger partial charge is 0.222 e. The van der Waals surface area contributed by atoms with Crippen LogP contribution in [-0.4, -0.2) is 30.4 Å². The van der Waals surface area contributed by atoms with E-state index in [2.05, 4.69) is 5.32 Å². The zero-order valence-electron chi connectivity index (χ0n) is 12.9. The minimum atomic E-state index is -0.822. The van der Waals surface area contributed by atoms with E-state index in [0.29, 0.717) is 18.5 Å². The van der Waals surface area contributed by atoms with Gasteiger partial charge in [-0.1, -0.05) is 12.1 Å². The third-order valence-electron chi connectivity index (χ3n) is 5.13. The van der Waals surface area contributed by atoms with Crippen molar-refractivity contribution in [2.75, 3.05) is 19.6 Å². The standard InChI is InChI=1S/C17H22F2N2O/c1-12-2-3-13(16(19)15(12)18)10-21-11-17(5-4-14(21)22)6-8-20-9-7-17/h2-3,20H,4-11H2,1H3. The van der Waals surface area contributed by atoms with Crippen LogP contribution in [-0.2, 0) is 11.3 Å². The molecule has 2 heterocycles. The van der Waals surface area contributed by atoms with Crippen LogP contribution in [0.4, 0.5) is 8.78 Å². The van der Waals surface area contributed by atoms with Gasteiger partial charge in [-0.05, 0) is 50.3 Å². The lowest BCUT2D eigenvalue weighted by molar-refractivity contribution is -0.139. The molecule has 2 aliphatic heterocycles. The molecule has 0 aliphatic carbocycles. The Kier molecular flexibility index (Phi) is 4.17. The SMILES string of the molecule is Cc1ccc(CN2CC3(CCNCC3)CCC2=O)c(F)c1F. The van der Waals surface area contributed by atoms with Crippen LogP contribution in [0.5, 0.6) is 0 Å². The van der Waals surface area contributed by atoms with Gasteiger partial charge in [0.15, 0.2) is 11.6 Å². The third kappa shape index (κ3) is 2.86. The average Bonchev–Trinajstić information content (AvgIpc) is 2.52. The van der Waals surface area contributed by atoms with Gasteiger partial charge in [-0.3, -0.25) is 4.79 Å². The first-order chi connectivity index (χ1) is 10.5. The first-order valence-corrected chi connectivity index (χ1v) is 7.93. The third-order valence-corrected chi connectivity index (χ3v) is 5.13. The summed E-state index contributed by atoms with van der Waals surface area (Å²) in [5, 5.41) is 3.34. The molecule has 2 aliphatic rings. The maximum absolute atomic E-state index is 14.1. The normalized spacial score (nSPS) is 21.4. The van der Waals surface area contributed by atoms with Crippen molar-refractivity contribution in [3.05, 3.63) is 34.9 Å². The number of hydrogen-bond donors (Lipinski definition) is 1. The van der Waals surface area contributed by atoms with Gasteiger partial charge in [-0.2, -0.15) is 0 Å². The molecule has 0 atom stereocenters. The second-order valence-corrected chi connectivity index (χ2v) is 6.67. The molecular formula is C17H22F2N2O. The number of piperidine rings is 2. The van der Waals surface area contributed by atoms with Crippen LogP contribution in [0.2, 0.25) is 0 Å². The molecule has 0 saturated carbocycles. The zero-order chi connectivity index (χ0) is 15.7. The quantitative estimate of drug-likeness (QED) is 0.911. The number of hydrogen-bond acceptors (Lipinski definition) is 2. The highest BCUT2D eigenvalue weighted by molar-refractivity contribution is 5.77. The summed E-state index contributed by atoms with van der Waals surface area (Å²) in [6.45, 7) is 4.29. The molecule has 1 spiro atoms. The number of likely N-dealkylation sites (tertiary alicyclic amines) is 1. The fourth-order valence-electron chi connectivity index (χ4n) is 3.63. The van der Waals surface area contributed by atoms with E-state index in [-0.39, 0.29) is 23.4 Å². The number of carbonyl (C=O) groups is 1. The Hall–Kier alpha value is -1.49. The Balaban J connectivity index is 1.78. The van der Waals surface area contributed by atoms with Crippen molar-refractivity contribution in [3.8, 4) is 0 Å². The summed E-state index contributed by atoms with van der Waals surface area (Å²) >= 11 is 0. The van der Waals surface area contributed by atoms with Gasteiger partial charge < -0.3 is 10.2 Å². The number of nitrogens with one attached hydrogen (secondary N) is 1. The average molecular weight is 308 g/mol. The van der Waals surface area contributed by atoms with E-state index in [9.17, 15) is 13.6 Å².